The summed E-state index contributed by atoms with van der Waals surface area (Å²) in [7, 11) is 0. The van der Waals surface area contributed by atoms with E-state index in [-0.39, 0.29) is 37.6 Å². The molecule has 2 aliphatic rings. The van der Waals surface area contributed by atoms with Crippen molar-refractivity contribution in [2.45, 2.75) is 63.1 Å². The largest absolute Gasteiger partial charge is 0.417 e. The van der Waals surface area contributed by atoms with E-state index in [9.17, 15) is 31.1 Å². The monoisotopic (exact) mass is 424 g/mol. The number of hydrogen-bond acceptors (Lipinski definition) is 4. The lowest BCUT2D eigenvalue weighted by molar-refractivity contribution is -0.142. The second kappa shape index (κ2) is 8.37. The van der Waals surface area contributed by atoms with Gasteiger partial charge in [0.2, 0.25) is 5.91 Å². The Labute approximate surface area is 164 Å². The average Bonchev–Trinajstić information content (AvgIpc) is 3.02. The van der Waals surface area contributed by atoms with Gasteiger partial charge in [-0.25, -0.2) is 4.98 Å². The molecule has 162 valence electrons. The number of nitrogens with one attached hydrogen (secondary N) is 1. The van der Waals surface area contributed by atoms with Crippen molar-refractivity contribution in [1.29, 1.82) is 0 Å². The average molecular weight is 424 g/mol. The molecule has 1 amide bonds. The van der Waals surface area contributed by atoms with Gasteiger partial charge in [-0.1, -0.05) is 0 Å². The Hall–Kier alpha value is -2.04. The second-order valence-corrected chi connectivity index (χ2v) is 7.39. The molecule has 2 fully saturated rings. The molecule has 29 heavy (non-hydrogen) atoms. The zero-order valence-electron chi connectivity index (χ0n) is 15.6. The third-order valence-electron chi connectivity index (χ3n) is 5.32. The lowest BCUT2D eigenvalue weighted by atomic mass is 10.1. The maximum absolute atomic E-state index is 12.6. The molecule has 0 aromatic carbocycles. The van der Waals surface area contributed by atoms with E-state index < -0.39 is 24.3 Å². The van der Waals surface area contributed by atoms with Gasteiger partial charge in [0.15, 0.2) is 0 Å². The third kappa shape index (κ3) is 5.74. The van der Waals surface area contributed by atoms with Crippen molar-refractivity contribution in [3.05, 3.63) is 23.9 Å². The summed E-state index contributed by atoms with van der Waals surface area (Å²) in [5, 5.41) is 3.10. The Morgan fingerprint density at radius 2 is 1.90 bits per heavy atom. The molecule has 0 aliphatic carbocycles. The molecule has 3 heterocycles. The van der Waals surface area contributed by atoms with Crippen LogP contribution in [-0.2, 0) is 11.0 Å². The molecule has 1 aromatic rings. The molecule has 0 bridgehead atoms. The first-order valence-corrected chi connectivity index (χ1v) is 9.43. The van der Waals surface area contributed by atoms with E-state index in [2.05, 4.69) is 10.3 Å². The molecule has 2 saturated heterocycles. The predicted molar refractivity (Wildman–Crippen MR) is 92.6 cm³/mol. The van der Waals surface area contributed by atoms with E-state index in [4.69, 9.17) is 0 Å². The van der Waals surface area contributed by atoms with Crippen molar-refractivity contribution in [2.75, 3.05) is 18.5 Å². The Morgan fingerprint density at radius 1 is 1.14 bits per heavy atom. The molecule has 1 aromatic heterocycles. The Morgan fingerprint density at radius 3 is 2.52 bits per heavy atom. The molecule has 0 saturated carbocycles. The van der Waals surface area contributed by atoms with E-state index in [1.54, 1.807) is 4.90 Å². The van der Waals surface area contributed by atoms with E-state index in [0.717, 1.165) is 25.1 Å². The first-order valence-electron chi connectivity index (χ1n) is 9.43. The van der Waals surface area contributed by atoms with Gasteiger partial charge in [-0.15, -0.1) is 0 Å². The summed E-state index contributed by atoms with van der Waals surface area (Å²) in [5.74, 6) is -0.0108. The number of rotatable bonds is 5. The second-order valence-electron chi connectivity index (χ2n) is 7.39. The van der Waals surface area contributed by atoms with Crippen LogP contribution >= 0.6 is 0 Å². The highest BCUT2D eigenvalue weighted by Crippen LogP contribution is 2.32. The van der Waals surface area contributed by atoms with Gasteiger partial charge in [-0.05, 0) is 37.8 Å². The summed E-state index contributed by atoms with van der Waals surface area (Å²) in [5.41, 5.74) is -0.832. The molecule has 1 N–H and O–H groups in total. The van der Waals surface area contributed by atoms with Crippen LogP contribution in [0.2, 0.25) is 0 Å². The predicted octanol–water partition coefficient (Wildman–Crippen LogP) is 4.23. The van der Waals surface area contributed by atoms with Crippen molar-refractivity contribution in [2.24, 2.45) is 0 Å². The Bertz CT molecular complexity index is 706. The molecular weight excluding hydrogens is 402 g/mol. The highest BCUT2D eigenvalue weighted by Gasteiger charge is 2.39. The van der Waals surface area contributed by atoms with Gasteiger partial charge in [0.05, 0.1) is 18.4 Å². The van der Waals surface area contributed by atoms with Crippen LogP contribution in [0.4, 0.5) is 32.2 Å². The lowest BCUT2D eigenvalue weighted by Crippen LogP contribution is -2.54. The summed E-state index contributed by atoms with van der Waals surface area (Å²) < 4.78 is 74.7. The normalized spacial score (nSPS) is 23.2. The fourth-order valence-corrected chi connectivity index (χ4v) is 3.81. The molecular formula is C18H22F6N4O. The first-order chi connectivity index (χ1) is 13.5. The Kier molecular flexibility index (Phi) is 6.25. The number of hydrogen-bond donors (Lipinski definition) is 1. The summed E-state index contributed by atoms with van der Waals surface area (Å²) >= 11 is 0. The molecule has 0 unspecified atom stereocenters. The van der Waals surface area contributed by atoms with Gasteiger partial charge in [0.1, 0.15) is 5.82 Å². The standard InChI is InChI=1S/C18H22F6N4O/c19-17(20,21)8-1-2-16(29)27-9-7-13-4-6-15(28(13)11-27)26-14-5-3-12(10-25-14)18(22,23)24/h3,5,10,13,15H,1-2,4,6-9,11H2,(H,25,26)/t13-,15-/m0/s1. The van der Waals surface area contributed by atoms with Gasteiger partial charge < -0.3 is 10.2 Å². The van der Waals surface area contributed by atoms with E-state index in [0.29, 0.717) is 18.8 Å². The smallest absolute Gasteiger partial charge is 0.354 e. The maximum atomic E-state index is 12.6. The van der Waals surface area contributed by atoms with E-state index in [1.807, 2.05) is 4.90 Å². The van der Waals surface area contributed by atoms with Crippen LogP contribution in [0.3, 0.4) is 0 Å². The quantitative estimate of drug-likeness (QED) is 0.719. The number of anilines is 1. The molecule has 0 radical (unpaired) electrons. The van der Waals surface area contributed by atoms with E-state index >= 15 is 0 Å². The fourth-order valence-electron chi connectivity index (χ4n) is 3.81. The minimum Gasteiger partial charge on any atom is -0.354 e. The SMILES string of the molecule is O=C(CCCC(F)(F)F)N1CC[C@@H]2CC[C@@H](Nc3ccc(C(F)(F)F)cn3)N2C1. The number of aromatic nitrogens is 1. The summed E-state index contributed by atoms with van der Waals surface area (Å²) in [4.78, 5) is 19.7. The maximum Gasteiger partial charge on any atom is 0.417 e. The van der Waals surface area contributed by atoms with Gasteiger partial charge in [-0.2, -0.15) is 26.3 Å². The van der Waals surface area contributed by atoms with Gasteiger partial charge in [-0.3, -0.25) is 9.69 Å². The minimum atomic E-state index is -4.45. The van der Waals surface area contributed by atoms with Crippen LogP contribution in [0.25, 0.3) is 0 Å². The molecule has 2 atom stereocenters. The zero-order chi connectivity index (χ0) is 21.2. The fraction of sp³-hybridized carbons (Fsp3) is 0.667. The lowest BCUT2D eigenvalue weighted by Gasteiger charge is -2.40. The molecule has 0 spiro atoms. The number of fused-ring (bicyclic) bond motifs is 1. The number of halogens is 6. The number of alkyl halides is 6. The molecule has 3 rings (SSSR count). The highest BCUT2D eigenvalue weighted by atomic mass is 19.4. The highest BCUT2D eigenvalue weighted by molar-refractivity contribution is 5.76. The van der Waals surface area contributed by atoms with Gasteiger partial charge in [0, 0.05) is 31.6 Å². The van der Waals surface area contributed by atoms with Crippen LogP contribution < -0.4 is 5.32 Å². The van der Waals surface area contributed by atoms with Gasteiger partial charge in [0.25, 0.3) is 0 Å². The zero-order valence-corrected chi connectivity index (χ0v) is 15.6. The summed E-state index contributed by atoms with van der Waals surface area (Å²) in [6.07, 6.45) is -7.22. The molecule has 11 heteroatoms. The number of nitrogens with zero attached hydrogens (tertiary/aromatic N) is 3. The number of carbonyl (C=O) groups is 1. The van der Waals surface area contributed by atoms with Crippen LogP contribution in [-0.4, -0.2) is 52.3 Å². The number of carbonyl (C=O) groups excluding carboxylic acids is 1. The van der Waals surface area contributed by atoms with Crippen LogP contribution in [0.5, 0.6) is 0 Å². The summed E-state index contributed by atoms with van der Waals surface area (Å²) in [6.45, 7) is 0.783. The van der Waals surface area contributed by atoms with Crippen molar-refractivity contribution >= 4 is 11.7 Å². The first kappa shape index (κ1) is 21.7. The van der Waals surface area contributed by atoms with Crippen LogP contribution in [0, 0.1) is 0 Å². The van der Waals surface area contributed by atoms with Gasteiger partial charge >= 0.3 is 12.4 Å². The van der Waals surface area contributed by atoms with Crippen LogP contribution in [0.1, 0.15) is 44.1 Å². The van der Waals surface area contributed by atoms with Crippen molar-refractivity contribution < 1.29 is 31.1 Å². The van der Waals surface area contributed by atoms with Crippen LogP contribution in [0.15, 0.2) is 18.3 Å². The molecule has 5 nitrogen and oxygen atoms in total. The van der Waals surface area contributed by atoms with Crippen molar-refractivity contribution in [1.82, 2.24) is 14.8 Å². The third-order valence-corrected chi connectivity index (χ3v) is 5.32. The number of amides is 1. The topological polar surface area (TPSA) is 48.5 Å². The Balaban J connectivity index is 1.56. The minimum absolute atomic E-state index is 0.156. The molecule has 2 aliphatic heterocycles. The number of pyridine rings is 1. The summed E-state index contributed by atoms with van der Waals surface area (Å²) in [6, 6.07) is 2.44. The van der Waals surface area contributed by atoms with Crippen molar-refractivity contribution in [3.8, 4) is 0 Å². The van der Waals surface area contributed by atoms with E-state index in [1.165, 1.54) is 6.07 Å². The van der Waals surface area contributed by atoms with Crippen molar-refractivity contribution in [3.63, 3.8) is 0 Å².